The van der Waals surface area contributed by atoms with Crippen molar-refractivity contribution < 1.29 is 23.5 Å². The van der Waals surface area contributed by atoms with Crippen LogP contribution in [0.3, 0.4) is 0 Å². The maximum absolute atomic E-state index is 10.9. The molecule has 21 heavy (non-hydrogen) atoms. The average molecular weight is 294 g/mol. The van der Waals surface area contributed by atoms with Gasteiger partial charge in [0.2, 0.25) is 5.89 Å². The van der Waals surface area contributed by atoms with Crippen molar-refractivity contribution in [3.05, 3.63) is 36.1 Å². The molecule has 0 unspecified atom stereocenters. The van der Waals surface area contributed by atoms with Gasteiger partial charge in [0.1, 0.15) is 6.26 Å². The van der Waals surface area contributed by atoms with Crippen LogP contribution in [0.5, 0.6) is 0 Å². The van der Waals surface area contributed by atoms with Gasteiger partial charge in [0.25, 0.3) is 0 Å². The maximum atomic E-state index is 10.9. The smallest absolute Gasteiger partial charge is 0.407 e. The fourth-order valence-corrected chi connectivity index (χ4v) is 1.37. The number of rotatable bonds is 7. The summed E-state index contributed by atoms with van der Waals surface area (Å²) in [7, 11) is 2.63. The molecule has 0 saturated heterocycles. The van der Waals surface area contributed by atoms with Gasteiger partial charge in [0.05, 0.1) is 19.9 Å². The van der Waals surface area contributed by atoms with Gasteiger partial charge in [-0.25, -0.2) is 14.6 Å². The van der Waals surface area contributed by atoms with E-state index >= 15 is 0 Å². The van der Waals surface area contributed by atoms with Gasteiger partial charge in [0.15, 0.2) is 0 Å². The van der Waals surface area contributed by atoms with Gasteiger partial charge in [-0.15, -0.1) is 0 Å². The molecule has 0 aromatic carbocycles. The number of hydrogen-bond donors (Lipinski definition) is 1. The SMILES string of the molecule is COC(=O)C=CCCc1coc(C=CCNC(=O)OC)n1. The predicted octanol–water partition coefficient (Wildman–Crippen LogP) is 1.71. The molecule has 0 atom stereocenters. The molecule has 1 rings (SSSR count). The highest BCUT2D eigenvalue weighted by Gasteiger charge is 2.00. The lowest BCUT2D eigenvalue weighted by molar-refractivity contribution is -0.134. The van der Waals surface area contributed by atoms with Crippen molar-refractivity contribution >= 4 is 18.1 Å². The third-order valence-electron chi connectivity index (χ3n) is 2.40. The topological polar surface area (TPSA) is 90.7 Å². The standard InChI is InChI=1S/C14H18N2O5/c1-19-13(17)8-4-3-6-11-10-21-12(16-11)7-5-9-15-14(18)20-2/h4-5,7-8,10H,3,6,9H2,1-2H3,(H,15,18). The number of ether oxygens (including phenoxy) is 2. The largest absolute Gasteiger partial charge is 0.466 e. The van der Waals surface area contributed by atoms with E-state index in [-0.39, 0.29) is 5.97 Å². The molecule has 0 aliphatic heterocycles. The molecular weight excluding hydrogens is 276 g/mol. The number of aryl methyl sites for hydroxylation is 1. The third kappa shape index (κ3) is 6.95. The van der Waals surface area contributed by atoms with Gasteiger partial charge in [-0.05, 0) is 18.9 Å². The number of nitrogens with one attached hydrogen (secondary N) is 1. The monoisotopic (exact) mass is 294 g/mol. The Morgan fingerprint density at radius 1 is 1.33 bits per heavy atom. The lowest BCUT2D eigenvalue weighted by Crippen LogP contribution is -2.22. The highest BCUT2D eigenvalue weighted by atomic mass is 16.5. The summed E-state index contributed by atoms with van der Waals surface area (Å²) in [5, 5.41) is 2.50. The Labute approximate surface area is 122 Å². The normalized spacial score (nSPS) is 11.0. The fourth-order valence-electron chi connectivity index (χ4n) is 1.37. The van der Waals surface area contributed by atoms with Crippen LogP contribution in [0.2, 0.25) is 0 Å². The Kier molecular flexibility index (Phi) is 7.34. The number of amides is 1. The van der Waals surface area contributed by atoms with E-state index in [1.54, 1.807) is 24.5 Å². The van der Waals surface area contributed by atoms with Crippen LogP contribution >= 0.6 is 0 Å². The van der Waals surface area contributed by atoms with E-state index in [2.05, 4.69) is 19.8 Å². The van der Waals surface area contributed by atoms with Crippen LogP contribution in [0.1, 0.15) is 18.0 Å². The van der Waals surface area contributed by atoms with E-state index in [4.69, 9.17) is 4.42 Å². The third-order valence-corrected chi connectivity index (χ3v) is 2.40. The molecular formula is C14H18N2O5. The minimum absolute atomic E-state index is 0.326. The van der Waals surface area contributed by atoms with Gasteiger partial charge in [-0.3, -0.25) is 0 Å². The summed E-state index contributed by atoms with van der Waals surface area (Å²) in [6, 6.07) is 0. The number of carbonyl (C=O) groups excluding carboxylic acids is 2. The van der Waals surface area contributed by atoms with Gasteiger partial charge in [0, 0.05) is 12.6 Å². The minimum atomic E-state index is -0.495. The summed E-state index contributed by atoms with van der Waals surface area (Å²) in [6.45, 7) is 0.326. The van der Waals surface area contributed by atoms with E-state index in [0.717, 1.165) is 5.69 Å². The average Bonchev–Trinajstić information content (AvgIpc) is 2.95. The second kappa shape index (κ2) is 9.35. The molecule has 0 aliphatic carbocycles. The van der Waals surface area contributed by atoms with Crippen molar-refractivity contribution in [3.8, 4) is 0 Å². The number of esters is 1. The van der Waals surface area contributed by atoms with Crippen LogP contribution in [-0.4, -0.2) is 37.8 Å². The molecule has 1 aromatic heterocycles. The molecule has 1 heterocycles. The Morgan fingerprint density at radius 2 is 2.14 bits per heavy atom. The summed E-state index contributed by atoms with van der Waals surface area (Å²) in [5.74, 6) is 0.0745. The number of allylic oxidation sites excluding steroid dienone is 1. The van der Waals surface area contributed by atoms with Gasteiger partial charge >= 0.3 is 12.1 Å². The number of alkyl carbamates (subject to hydrolysis) is 1. The van der Waals surface area contributed by atoms with Crippen molar-refractivity contribution in [3.63, 3.8) is 0 Å². The molecule has 0 aliphatic rings. The number of hydrogen-bond acceptors (Lipinski definition) is 6. The molecule has 1 N–H and O–H groups in total. The van der Waals surface area contributed by atoms with E-state index in [1.807, 2.05) is 0 Å². The lowest BCUT2D eigenvalue weighted by Gasteiger charge is -1.97. The highest BCUT2D eigenvalue weighted by molar-refractivity contribution is 5.81. The first-order valence-corrected chi connectivity index (χ1v) is 6.33. The zero-order chi connectivity index (χ0) is 15.5. The number of oxazole rings is 1. The fraction of sp³-hybridized carbons (Fsp3) is 0.357. The zero-order valence-electron chi connectivity index (χ0n) is 12.0. The molecule has 0 bridgehead atoms. The van der Waals surface area contributed by atoms with Gasteiger partial charge in [-0.2, -0.15) is 0 Å². The van der Waals surface area contributed by atoms with Crippen LogP contribution in [0.25, 0.3) is 6.08 Å². The first-order valence-electron chi connectivity index (χ1n) is 6.33. The molecule has 0 saturated carbocycles. The maximum Gasteiger partial charge on any atom is 0.407 e. The number of methoxy groups -OCH3 is 2. The molecule has 1 aromatic rings. The second-order valence-corrected chi connectivity index (χ2v) is 3.92. The molecule has 7 heteroatoms. The van der Waals surface area contributed by atoms with Crippen molar-refractivity contribution in [2.24, 2.45) is 0 Å². The first kappa shape index (κ1) is 16.5. The summed E-state index contributed by atoms with van der Waals surface area (Å²) in [6.07, 6.45) is 8.83. The number of carbonyl (C=O) groups is 2. The summed E-state index contributed by atoms with van der Waals surface area (Å²) >= 11 is 0. The molecule has 1 amide bonds. The quantitative estimate of drug-likeness (QED) is 0.608. The highest BCUT2D eigenvalue weighted by Crippen LogP contribution is 2.06. The second-order valence-electron chi connectivity index (χ2n) is 3.92. The van der Waals surface area contributed by atoms with Gasteiger partial charge < -0.3 is 19.2 Å². The minimum Gasteiger partial charge on any atom is -0.466 e. The Balaban J connectivity index is 2.32. The van der Waals surface area contributed by atoms with Crippen LogP contribution in [0, 0.1) is 0 Å². The van der Waals surface area contributed by atoms with Crippen LogP contribution in [0.4, 0.5) is 4.79 Å². The van der Waals surface area contributed by atoms with Crippen LogP contribution in [0.15, 0.2) is 28.9 Å². The molecule has 114 valence electrons. The number of nitrogens with zero attached hydrogens (tertiary/aromatic N) is 1. The van der Waals surface area contributed by atoms with Crippen LogP contribution in [-0.2, 0) is 20.7 Å². The summed E-state index contributed by atoms with van der Waals surface area (Å²) < 4.78 is 14.1. The molecule has 0 radical (unpaired) electrons. The van der Waals surface area contributed by atoms with Crippen molar-refractivity contribution in [1.29, 1.82) is 0 Å². The Morgan fingerprint density at radius 3 is 2.86 bits per heavy atom. The molecule has 7 nitrogen and oxygen atoms in total. The molecule has 0 spiro atoms. The van der Waals surface area contributed by atoms with Gasteiger partial charge in [-0.1, -0.05) is 12.2 Å². The van der Waals surface area contributed by atoms with Crippen LogP contribution < -0.4 is 5.32 Å². The lowest BCUT2D eigenvalue weighted by atomic mass is 10.2. The summed E-state index contributed by atoms with van der Waals surface area (Å²) in [4.78, 5) is 25.9. The van der Waals surface area contributed by atoms with E-state index in [0.29, 0.717) is 25.3 Å². The van der Waals surface area contributed by atoms with E-state index in [1.165, 1.54) is 20.3 Å². The zero-order valence-corrected chi connectivity index (χ0v) is 12.0. The first-order chi connectivity index (χ1) is 10.2. The van der Waals surface area contributed by atoms with Crippen molar-refractivity contribution in [2.45, 2.75) is 12.8 Å². The summed E-state index contributed by atoms with van der Waals surface area (Å²) in [5.41, 5.74) is 0.782. The number of aromatic nitrogens is 1. The van der Waals surface area contributed by atoms with Crippen molar-refractivity contribution in [2.75, 3.05) is 20.8 Å². The van der Waals surface area contributed by atoms with E-state index in [9.17, 15) is 9.59 Å². The van der Waals surface area contributed by atoms with Crippen molar-refractivity contribution in [1.82, 2.24) is 10.3 Å². The molecule has 0 fully saturated rings. The van der Waals surface area contributed by atoms with E-state index < -0.39 is 6.09 Å². The Bertz CT molecular complexity index is 519. The Hall–Kier alpha value is -2.57. The predicted molar refractivity (Wildman–Crippen MR) is 75.4 cm³/mol.